The molecule has 1 fully saturated rings. The van der Waals surface area contributed by atoms with Crippen LogP contribution in [0.4, 0.5) is 5.95 Å². The quantitative estimate of drug-likeness (QED) is 0.650. The number of aryl methyl sites for hydroxylation is 1. The Labute approximate surface area is 154 Å². The van der Waals surface area contributed by atoms with Gasteiger partial charge in [0.2, 0.25) is 5.95 Å². The minimum Gasteiger partial charge on any atom is -0.507 e. The number of fused-ring (bicyclic) bond motifs is 1. The number of aromatic nitrogens is 3. The first kappa shape index (κ1) is 17.3. The molecule has 8 nitrogen and oxygen atoms in total. The maximum Gasteiger partial charge on any atom is 0.347 e. The van der Waals surface area contributed by atoms with Gasteiger partial charge in [0, 0.05) is 23.9 Å². The van der Waals surface area contributed by atoms with Gasteiger partial charge < -0.3 is 14.8 Å². The van der Waals surface area contributed by atoms with Gasteiger partial charge in [-0.2, -0.15) is 4.98 Å². The third kappa shape index (κ3) is 3.30. The van der Waals surface area contributed by atoms with E-state index in [2.05, 4.69) is 20.3 Å². The van der Waals surface area contributed by atoms with Crippen molar-refractivity contribution in [3.63, 3.8) is 0 Å². The van der Waals surface area contributed by atoms with Crippen LogP contribution in [0.5, 0.6) is 5.75 Å². The van der Waals surface area contributed by atoms with Crippen molar-refractivity contribution >= 4 is 17.0 Å². The molecule has 4 rings (SSSR count). The van der Waals surface area contributed by atoms with Crippen LogP contribution in [0.2, 0.25) is 0 Å². The number of aromatic amines is 1. The molecular formula is C19H20N4O4. The topological polar surface area (TPSA) is 121 Å². The van der Waals surface area contributed by atoms with Crippen molar-refractivity contribution in [1.29, 1.82) is 0 Å². The zero-order valence-electron chi connectivity index (χ0n) is 14.9. The van der Waals surface area contributed by atoms with Gasteiger partial charge in [0.1, 0.15) is 17.1 Å². The standard InChI is InChI=1S/C19H20N4O4/c1-10-9-13(24)14(18(26)27-10)12-7-8-20-16-15(12)17(25)23-19(22-16)21-11-5-3-2-4-6-11/h7-9,11,24H,2-6H2,1H3,(H2,20,21,22,23,25). The van der Waals surface area contributed by atoms with E-state index in [0.29, 0.717) is 5.95 Å². The molecule has 3 aromatic rings. The van der Waals surface area contributed by atoms with Gasteiger partial charge in [0.15, 0.2) is 5.65 Å². The fourth-order valence-electron chi connectivity index (χ4n) is 3.62. The van der Waals surface area contributed by atoms with E-state index in [9.17, 15) is 14.7 Å². The van der Waals surface area contributed by atoms with Crippen LogP contribution < -0.4 is 16.5 Å². The number of nitrogens with zero attached hydrogens (tertiary/aromatic N) is 2. The number of aromatic hydroxyl groups is 1. The summed E-state index contributed by atoms with van der Waals surface area (Å²) in [4.78, 5) is 36.3. The fraction of sp³-hybridized carbons (Fsp3) is 0.368. The molecule has 1 aliphatic carbocycles. The summed E-state index contributed by atoms with van der Waals surface area (Å²) in [6.45, 7) is 1.56. The zero-order chi connectivity index (χ0) is 19.0. The Kier molecular flexibility index (Phi) is 4.39. The molecule has 0 amide bonds. The number of pyridine rings is 1. The highest BCUT2D eigenvalue weighted by Crippen LogP contribution is 2.30. The summed E-state index contributed by atoms with van der Waals surface area (Å²) in [7, 11) is 0. The van der Waals surface area contributed by atoms with Crippen LogP contribution in [0.15, 0.2) is 32.3 Å². The molecule has 8 heteroatoms. The lowest BCUT2D eigenvalue weighted by molar-refractivity contribution is 0.438. The molecule has 27 heavy (non-hydrogen) atoms. The van der Waals surface area contributed by atoms with Crippen LogP contribution in [0.25, 0.3) is 22.2 Å². The molecule has 0 spiro atoms. The lowest BCUT2D eigenvalue weighted by Gasteiger charge is -2.22. The molecule has 0 atom stereocenters. The van der Waals surface area contributed by atoms with E-state index in [1.54, 1.807) is 6.92 Å². The maximum atomic E-state index is 12.7. The van der Waals surface area contributed by atoms with Crippen LogP contribution in [0.1, 0.15) is 37.9 Å². The van der Waals surface area contributed by atoms with E-state index in [1.165, 1.54) is 24.8 Å². The minimum atomic E-state index is -0.719. The highest BCUT2D eigenvalue weighted by atomic mass is 16.4. The first-order chi connectivity index (χ1) is 13.0. The second-order valence-corrected chi connectivity index (χ2v) is 6.86. The summed E-state index contributed by atoms with van der Waals surface area (Å²) < 4.78 is 5.08. The first-order valence-corrected chi connectivity index (χ1v) is 9.02. The van der Waals surface area contributed by atoms with Gasteiger partial charge in [-0.05, 0) is 25.8 Å². The molecule has 0 aliphatic heterocycles. The maximum absolute atomic E-state index is 12.7. The van der Waals surface area contributed by atoms with Crippen LogP contribution in [0.3, 0.4) is 0 Å². The van der Waals surface area contributed by atoms with Crippen LogP contribution >= 0.6 is 0 Å². The number of anilines is 1. The highest BCUT2D eigenvalue weighted by molar-refractivity contribution is 5.93. The predicted octanol–water partition coefficient (Wildman–Crippen LogP) is 2.70. The summed E-state index contributed by atoms with van der Waals surface area (Å²) in [6.07, 6.45) is 7.06. The summed E-state index contributed by atoms with van der Waals surface area (Å²) in [6, 6.07) is 3.11. The highest BCUT2D eigenvalue weighted by Gasteiger charge is 2.20. The van der Waals surface area contributed by atoms with Crippen LogP contribution in [-0.2, 0) is 0 Å². The van der Waals surface area contributed by atoms with Crippen molar-refractivity contribution in [3.8, 4) is 16.9 Å². The molecule has 1 aliphatic rings. The van der Waals surface area contributed by atoms with Crippen molar-refractivity contribution in [3.05, 3.63) is 44.9 Å². The molecule has 0 aromatic carbocycles. The van der Waals surface area contributed by atoms with Crippen molar-refractivity contribution in [2.24, 2.45) is 0 Å². The van der Waals surface area contributed by atoms with Crippen LogP contribution in [-0.4, -0.2) is 26.1 Å². The van der Waals surface area contributed by atoms with Crippen molar-refractivity contribution in [2.75, 3.05) is 5.32 Å². The summed E-state index contributed by atoms with van der Waals surface area (Å²) in [5.74, 6) is 0.398. The van der Waals surface area contributed by atoms with Gasteiger partial charge in [-0.15, -0.1) is 0 Å². The molecule has 0 bridgehead atoms. The fourth-order valence-corrected chi connectivity index (χ4v) is 3.62. The Morgan fingerprint density at radius 2 is 2.04 bits per heavy atom. The van der Waals surface area contributed by atoms with E-state index in [-0.39, 0.29) is 39.7 Å². The monoisotopic (exact) mass is 368 g/mol. The van der Waals surface area contributed by atoms with E-state index in [0.717, 1.165) is 25.7 Å². The lowest BCUT2D eigenvalue weighted by atomic mass is 9.96. The third-order valence-corrected chi connectivity index (χ3v) is 4.88. The van der Waals surface area contributed by atoms with Gasteiger partial charge in [-0.25, -0.2) is 9.78 Å². The summed E-state index contributed by atoms with van der Waals surface area (Å²) in [5, 5.41) is 13.6. The molecule has 0 radical (unpaired) electrons. The molecular weight excluding hydrogens is 348 g/mol. The van der Waals surface area contributed by atoms with E-state index < -0.39 is 11.2 Å². The Balaban J connectivity index is 1.83. The van der Waals surface area contributed by atoms with Gasteiger partial charge in [0.25, 0.3) is 5.56 Å². The second kappa shape index (κ2) is 6.86. The van der Waals surface area contributed by atoms with Gasteiger partial charge in [-0.1, -0.05) is 19.3 Å². The Morgan fingerprint density at radius 3 is 2.78 bits per heavy atom. The average molecular weight is 368 g/mol. The smallest absolute Gasteiger partial charge is 0.347 e. The second-order valence-electron chi connectivity index (χ2n) is 6.86. The van der Waals surface area contributed by atoms with Gasteiger partial charge in [-0.3, -0.25) is 9.78 Å². The Hall–Kier alpha value is -3.16. The Morgan fingerprint density at radius 1 is 1.26 bits per heavy atom. The molecule has 140 valence electrons. The van der Waals surface area contributed by atoms with Crippen molar-refractivity contribution < 1.29 is 9.52 Å². The molecule has 0 saturated heterocycles. The number of nitrogens with one attached hydrogen (secondary N) is 2. The predicted molar refractivity (Wildman–Crippen MR) is 101 cm³/mol. The SMILES string of the molecule is Cc1cc(O)c(-c2ccnc3nc(NC4CCCCC4)[nH]c(=O)c23)c(=O)o1. The van der Waals surface area contributed by atoms with Gasteiger partial charge >= 0.3 is 5.63 Å². The van der Waals surface area contributed by atoms with Crippen molar-refractivity contribution in [1.82, 2.24) is 15.0 Å². The lowest BCUT2D eigenvalue weighted by Crippen LogP contribution is -2.25. The zero-order valence-corrected chi connectivity index (χ0v) is 14.9. The average Bonchev–Trinajstić information content (AvgIpc) is 2.61. The summed E-state index contributed by atoms with van der Waals surface area (Å²) >= 11 is 0. The molecule has 3 heterocycles. The molecule has 3 N–H and O–H groups in total. The molecule has 0 unspecified atom stereocenters. The van der Waals surface area contributed by atoms with Gasteiger partial charge in [0.05, 0.1) is 5.39 Å². The Bertz CT molecular complexity index is 1110. The number of hydrogen-bond acceptors (Lipinski definition) is 7. The van der Waals surface area contributed by atoms with E-state index in [4.69, 9.17) is 4.42 Å². The summed E-state index contributed by atoms with van der Waals surface area (Å²) in [5.41, 5.74) is -0.781. The number of hydrogen-bond donors (Lipinski definition) is 3. The van der Waals surface area contributed by atoms with Crippen LogP contribution in [0, 0.1) is 6.92 Å². The number of H-pyrrole nitrogens is 1. The van der Waals surface area contributed by atoms with E-state index >= 15 is 0 Å². The molecule has 3 aromatic heterocycles. The largest absolute Gasteiger partial charge is 0.507 e. The van der Waals surface area contributed by atoms with Crippen molar-refractivity contribution in [2.45, 2.75) is 45.1 Å². The normalized spacial score (nSPS) is 15.1. The van der Waals surface area contributed by atoms with E-state index in [1.807, 2.05) is 0 Å². The third-order valence-electron chi connectivity index (χ3n) is 4.88. The first-order valence-electron chi connectivity index (χ1n) is 9.02. The number of rotatable bonds is 3. The molecule has 1 saturated carbocycles. The minimum absolute atomic E-state index is 0.0757.